The van der Waals surface area contributed by atoms with Gasteiger partial charge in [-0.15, -0.1) is 0 Å². The van der Waals surface area contributed by atoms with Gasteiger partial charge in [0.1, 0.15) is 5.82 Å². The van der Waals surface area contributed by atoms with E-state index in [0.717, 1.165) is 24.0 Å². The summed E-state index contributed by atoms with van der Waals surface area (Å²) in [6, 6.07) is 11.1. The van der Waals surface area contributed by atoms with Crippen molar-refractivity contribution in [2.75, 3.05) is 26.2 Å². The smallest absolute Gasteiger partial charge is 0.475 e. The van der Waals surface area contributed by atoms with Crippen LogP contribution in [0.1, 0.15) is 18.5 Å². The Bertz CT molecular complexity index is 941. The molecule has 1 aromatic heterocycles. The molecule has 3 heterocycles. The number of fused-ring (bicyclic) bond motifs is 1. The number of nitrogens with one attached hydrogen (secondary N) is 1. The van der Waals surface area contributed by atoms with Gasteiger partial charge < -0.3 is 15.2 Å². The second-order valence-corrected chi connectivity index (χ2v) is 7.80. The zero-order valence-corrected chi connectivity index (χ0v) is 18.3. The normalized spacial score (nSPS) is 18.5. The van der Waals surface area contributed by atoms with E-state index >= 15 is 0 Å². The molecular formula is C21H24F6N4O4. The molecule has 14 heteroatoms. The van der Waals surface area contributed by atoms with Gasteiger partial charge in [-0.1, -0.05) is 30.3 Å². The number of alkyl halides is 6. The number of hydrogen-bond donors (Lipinski definition) is 3. The molecule has 1 atom stereocenters. The second-order valence-electron chi connectivity index (χ2n) is 7.80. The second kappa shape index (κ2) is 12.0. The van der Waals surface area contributed by atoms with Gasteiger partial charge in [0.25, 0.3) is 0 Å². The van der Waals surface area contributed by atoms with Gasteiger partial charge in [-0.2, -0.15) is 26.3 Å². The molecule has 0 bridgehead atoms. The maximum Gasteiger partial charge on any atom is 0.490 e. The van der Waals surface area contributed by atoms with Crippen LogP contribution in [0, 0.1) is 0 Å². The van der Waals surface area contributed by atoms with Gasteiger partial charge in [0.05, 0.1) is 0 Å². The Hall–Kier alpha value is -3.13. The van der Waals surface area contributed by atoms with Crippen LogP contribution < -0.4 is 0 Å². The third kappa shape index (κ3) is 9.20. The molecule has 0 aliphatic carbocycles. The Balaban J connectivity index is 0.000000257. The summed E-state index contributed by atoms with van der Waals surface area (Å²) < 4.78 is 63.5. The van der Waals surface area contributed by atoms with Crippen molar-refractivity contribution in [3.05, 3.63) is 42.2 Å². The first kappa shape index (κ1) is 28.1. The summed E-state index contributed by atoms with van der Waals surface area (Å²) in [7, 11) is 0. The average Bonchev–Trinajstić information content (AvgIpc) is 3.43. The summed E-state index contributed by atoms with van der Waals surface area (Å²) in [5.41, 5.74) is 2.38. The summed E-state index contributed by atoms with van der Waals surface area (Å²) in [6.07, 6.45) is -5.43. The number of benzene rings is 1. The third-order valence-electron chi connectivity index (χ3n) is 5.23. The number of halogens is 6. The minimum atomic E-state index is -5.08. The SMILES string of the molecule is O=C(O)C(F)(F)F.O=C(O)C(F)(F)F.c1ccc(-c2ncc(CN3CCN4CCCC4C3)[nH]2)cc1. The van der Waals surface area contributed by atoms with E-state index in [9.17, 15) is 26.3 Å². The quantitative estimate of drug-likeness (QED) is 0.541. The van der Waals surface area contributed by atoms with Crippen molar-refractivity contribution in [3.63, 3.8) is 0 Å². The van der Waals surface area contributed by atoms with Crippen molar-refractivity contribution >= 4 is 11.9 Å². The van der Waals surface area contributed by atoms with E-state index in [1.807, 2.05) is 12.3 Å². The minimum absolute atomic E-state index is 0.787. The molecule has 2 saturated heterocycles. The monoisotopic (exact) mass is 510 g/mol. The van der Waals surface area contributed by atoms with Crippen LogP contribution in [0.2, 0.25) is 0 Å². The lowest BCUT2D eigenvalue weighted by atomic mass is 10.1. The molecule has 2 fully saturated rings. The van der Waals surface area contributed by atoms with E-state index in [4.69, 9.17) is 19.8 Å². The number of carbonyl (C=O) groups is 2. The van der Waals surface area contributed by atoms with Crippen molar-refractivity contribution in [1.82, 2.24) is 19.8 Å². The predicted octanol–water partition coefficient (Wildman–Crippen LogP) is 3.62. The highest BCUT2D eigenvalue weighted by atomic mass is 19.4. The van der Waals surface area contributed by atoms with E-state index in [1.165, 1.54) is 44.7 Å². The van der Waals surface area contributed by atoms with Crippen LogP contribution in [-0.2, 0) is 16.1 Å². The van der Waals surface area contributed by atoms with Crippen molar-refractivity contribution in [2.45, 2.75) is 37.8 Å². The van der Waals surface area contributed by atoms with E-state index in [2.05, 4.69) is 44.0 Å². The molecule has 194 valence electrons. The van der Waals surface area contributed by atoms with Crippen LogP contribution in [0.25, 0.3) is 11.4 Å². The standard InChI is InChI=1S/C17H22N4.2C2HF3O2/c1-2-5-14(6-3-1)17-18-11-15(19-17)12-20-9-10-21-8-4-7-16(21)13-20;2*3-2(4,5)1(6)7/h1-3,5-6,11,16H,4,7-10,12-13H2,(H,18,19);2*(H,6,7). The van der Waals surface area contributed by atoms with E-state index in [1.54, 1.807) is 0 Å². The number of carboxylic acids is 2. The molecule has 1 aromatic carbocycles. The Morgan fingerprint density at radius 1 is 0.971 bits per heavy atom. The third-order valence-corrected chi connectivity index (χ3v) is 5.23. The topological polar surface area (TPSA) is 110 Å². The zero-order chi connectivity index (χ0) is 26.2. The van der Waals surface area contributed by atoms with Gasteiger partial charge in [-0.05, 0) is 19.4 Å². The van der Waals surface area contributed by atoms with Gasteiger partial charge in [0.15, 0.2) is 0 Å². The number of aromatic nitrogens is 2. The molecule has 2 aliphatic heterocycles. The van der Waals surface area contributed by atoms with Gasteiger partial charge >= 0.3 is 24.3 Å². The molecular weight excluding hydrogens is 486 g/mol. The van der Waals surface area contributed by atoms with Gasteiger partial charge in [-0.3, -0.25) is 9.80 Å². The molecule has 0 spiro atoms. The molecule has 2 aromatic rings. The summed E-state index contributed by atoms with van der Waals surface area (Å²) in [5, 5.41) is 14.2. The molecule has 1 unspecified atom stereocenters. The Labute approximate surface area is 196 Å². The molecule has 4 rings (SSSR count). The summed E-state index contributed by atoms with van der Waals surface area (Å²) in [6.45, 7) is 5.91. The molecule has 3 N–H and O–H groups in total. The number of aliphatic carboxylic acids is 2. The summed E-state index contributed by atoms with van der Waals surface area (Å²) in [5.74, 6) is -4.54. The first-order chi connectivity index (χ1) is 16.3. The van der Waals surface area contributed by atoms with Crippen LogP contribution in [0.15, 0.2) is 36.5 Å². The van der Waals surface area contributed by atoms with Crippen molar-refractivity contribution in [2.24, 2.45) is 0 Å². The fourth-order valence-corrected chi connectivity index (χ4v) is 3.62. The largest absolute Gasteiger partial charge is 0.490 e. The van der Waals surface area contributed by atoms with Crippen LogP contribution in [0.3, 0.4) is 0 Å². The molecule has 35 heavy (non-hydrogen) atoms. The number of aromatic amines is 1. The maximum absolute atomic E-state index is 10.6. The molecule has 0 radical (unpaired) electrons. The minimum Gasteiger partial charge on any atom is -0.475 e. The molecule has 0 amide bonds. The lowest BCUT2D eigenvalue weighted by Gasteiger charge is -2.37. The van der Waals surface area contributed by atoms with Crippen LogP contribution in [-0.4, -0.2) is 86.5 Å². The van der Waals surface area contributed by atoms with Gasteiger partial charge in [-0.25, -0.2) is 14.6 Å². The zero-order valence-electron chi connectivity index (χ0n) is 18.3. The summed E-state index contributed by atoms with van der Waals surface area (Å²) >= 11 is 0. The number of H-pyrrole nitrogens is 1. The Morgan fingerprint density at radius 2 is 1.54 bits per heavy atom. The first-order valence-corrected chi connectivity index (χ1v) is 10.4. The number of nitrogens with zero attached hydrogens (tertiary/aromatic N) is 3. The highest BCUT2D eigenvalue weighted by molar-refractivity contribution is 5.73. The number of hydrogen-bond acceptors (Lipinski definition) is 5. The van der Waals surface area contributed by atoms with Crippen LogP contribution in [0.5, 0.6) is 0 Å². The summed E-state index contributed by atoms with van der Waals surface area (Å²) in [4.78, 5) is 31.0. The van der Waals surface area contributed by atoms with E-state index < -0.39 is 24.3 Å². The first-order valence-electron chi connectivity index (χ1n) is 10.4. The predicted molar refractivity (Wildman–Crippen MR) is 111 cm³/mol. The van der Waals surface area contributed by atoms with Crippen LogP contribution in [0.4, 0.5) is 26.3 Å². The molecule has 0 saturated carbocycles. The van der Waals surface area contributed by atoms with E-state index in [-0.39, 0.29) is 0 Å². The Kier molecular flexibility index (Phi) is 9.65. The number of rotatable bonds is 3. The van der Waals surface area contributed by atoms with Crippen LogP contribution >= 0.6 is 0 Å². The molecule has 2 aliphatic rings. The number of imidazole rings is 1. The number of piperazine rings is 1. The fraction of sp³-hybridized carbons (Fsp3) is 0.476. The Morgan fingerprint density at radius 3 is 2.09 bits per heavy atom. The maximum atomic E-state index is 10.6. The lowest BCUT2D eigenvalue weighted by Crippen LogP contribution is -2.49. The van der Waals surface area contributed by atoms with Gasteiger partial charge in [0, 0.05) is 49.7 Å². The highest BCUT2D eigenvalue weighted by Crippen LogP contribution is 2.23. The fourth-order valence-electron chi connectivity index (χ4n) is 3.62. The number of carboxylic acid groups (broad SMARTS) is 2. The van der Waals surface area contributed by atoms with Crippen molar-refractivity contribution < 1.29 is 46.1 Å². The van der Waals surface area contributed by atoms with Crippen molar-refractivity contribution in [3.8, 4) is 11.4 Å². The van der Waals surface area contributed by atoms with E-state index in [0.29, 0.717) is 0 Å². The highest BCUT2D eigenvalue weighted by Gasteiger charge is 2.39. The lowest BCUT2D eigenvalue weighted by molar-refractivity contribution is -0.193. The van der Waals surface area contributed by atoms with Gasteiger partial charge in [0.2, 0.25) is 0 Å². The molecule has 8 nitrogen and oxygen atoms in total. The van der Waals surface area contributed by atoms with Crippen molar-refractivity contribution in [1.29, 1.82) is 0 Å². The average molecular weight is 510 g/mol.